The van der Waals surface area contributed by atoms with Crippen LogP contribution in [0.25, 0.3) is 0 Å². The zero-order chi connectivity index (χ0) is 91.4. The smallest absolute Gasteiger partial charge is 0.395 e. The van der Waals surface area contributed by atoms with Crippen LogP contribution in [-0.4, -0.2) is 365 Å². The summed E-state index contributed by atoms with van der Waals surface area (Å²) >= 11 is 0. The number of nitrogens with zero attached hydrogens (tertiary/aromatic N) is 3. The molecule has 0 aromatic rings. The van der Waals surface area contributed by atoms with Crippen molar-refractivity contribution in [2.24, 2.45) is 5.92 Å². The Morgan fingerprint density at radius 3 is 0.903 bits per heavy atom. The highest BCUT2D eigenvalue weighted by Gasteiger charge is 2.48. The Balaban J connectivity index is 1.23. The SMILES string of the molecule is CC(=O)NC1C(OCCCCCC(=O)NCCCCCC(=O)N(CCO)CCOP(=O)(O)OCCN(CCOP(=O)(O)OCCN(CCOC2CCC(C)CC2)C(=O)CCCCCNC(=O)CCCCCOC2OC(CO)C(O)C(O)C2NC(C)=O)C(=O)CCCCCNC(=O)CCCCCOC2OC(CO)C(O)C(O)C2NC(C)=O)OC(CO)C(O)C1O. The molecule has 18 N–H and O–H groups in total. The van der Waals surface area contributed by atoms with Gasteiger partial charge in [-0.25, -0.2) is 9.13 Å². The van der Waals surface area contributed by atoms with Gasteiger partial charge in [-0.2, -0.15) is 0 Å². The van der Waals surface area contributed by atoms with Crippen molar-refractivity contribution in [1.82, 2.24) is 46.6 Å². The van der Waals surface area contributed by atoms with Crippen molar-refractivity contribution in [2.45, 2.75) is 306 Å². The predicted molar refractivity (Wildman–Crippen MR) is 441 cm³/mol. The van der Waals surface area contributed by atoms with E-state index in [0.717, 1.165) is 25.7 Å². The summed E-state index contributed by atoms with van der Waals surface area (Å²) < 4.78 is 87.8. The fourth-order valence-electron chi connectivity index (χ4n) is 14.4. The van der Waals surface area contributed by atoms with Gasteiger partial charge in [0.1, 0.15) is 73.1 Å². The first-order valence-corrected chi connectivity index (χ1v) is 46.9. The zero-order valence-corrected chi connectivity index (χ0v) is 74.3. The summed E-state index contributed by atoms with van der Waals surface area (Å²) in [5.74, 6) is -2.55. The number of phosphoric ester groups is 2. The van der Waals surface area contributed by atoms with E-state index in [1.54, 1.807) is 0 Å². The van der Waals surface area contributed by atoms with Gasteiger partial charge in [0, 0.05) is 138 Å². The number of phosphoric acid groups is 2. The number of hydrogen-bond acceptors (Lipinski definition) is 32. The van der Waals surface area contributed by atoms with E-state index in [1.165, 1.54) is 35.5 Å². The topological polar surface area (TPSA) is 614 Å². The minimum absolute atomic E-state index is 0.0223. The highest BCUT2D eigenvalue weighted by atomic mass is 31.2. The second-order valence-electron chi connectivity index (χ2n) is 31.7. The summed E-state index contributed by atoms with van der Waals surface area (Å²) in [5.41, 5.74) is 0. The van der Waals surface area contributed by atoms with Crippen LogP contribution in [0.1, 0.15) is 207 Å². The number of carbonyl (C=O) groups is 9. The lowest BCUT2D eigenvalue weighted by Crippen LogP contribution is -2.64. The van der Waals surface area contributed by atoms with Crippen molar-refractivity contribution in [2.75, 3.05) is 138 Å². The number of carbonyl (C=O) groups excluding carboxylic acids is 9. The number of amides is 9. The van der Waals surface area contributed by atoms with E-state index in [-0.39, 0.29) is 146 Å². The summed E-state index contributed by atoms with van der Waals surface area (Å²) in [4.78, 5) is 139. The Labute approximate surface area is 726 Å². The standard InChI is InChI=1S/C79H145N9O34P2/c1-54-29-31-58(32-30-54)112-46-37-87(66(100)27-15-6-18-34-81-63(97)24-12-9-21-44-114-78-69(84-56(3)94)75(106)72(103)60(52-91)121-78)39-48-117-124(110,111)119-50-41-88(67(101)28-16-7-19-35-82-64(98)25-13-10-22-45-115-79-70(85-57(4)95)76(107)73(104)61(53-92)122-79)40-49-118-123(108,109)116-47-38-86(36-42-89)65(99)26-14-5-17-33-80-62(96)23-11-8-20-43-113-77-68(83-55(2)93)74(105)71(102)59(51-90)120-77/h54,58-61,68-79,89-92,102-107H,5-53H2,1-4H3,(H,80,96)(H,81,97)(H,82,98)(H,83,93)(H,84,94)(H,85,95)(H,108,109)(H,110,111). The molecule has 4 fully saturated rings. The number of aliphatic hydroxyl groups excluding tert-OH is 10. The van der Waals surface area contributed by atoms with Crippen molar-refractivity contribution in [1.29, 1.82) is 0 Å². The maximum absolute atomic E-state index is 13.8. The molecule has 0 spiro atoms. The molecule has 1 saturated carbocycles. The maximum atomic E-state index is 13.8. The number of ether oxygens (including phenoxy) is 7. The van der Waals surface area contributed by atoms with Crippen molar-refractivity contribution >= 4 is 68.8 Å². The third kappa shape index (κ3) is 45.3. The fourth-order valence-corrected chi connectivity index (χ4v) is 15.8. The molecular formula is C79H145N9O34P2. The number of aliphatic hydroxyl groups is 10. The largest absolute Gasteiger partial charge is 0.472 e. The van der Waals surface area contributed by atoms with Gasteiger partial charge in [0.15, 0.2) is 18.9 Å². The number of hydrogen-bond donors (Lipinski definition) is 18. The van der Waals surface area contributed by atoms with E-state index in [1.807, 2.05) is 0 Å². The minimum Gasteiger partial charge on any atom is -0.395 e. The van der Waals surface area contributed by atoms with Crippen LogP contribution in [0.2, 0.25) is 0 Å². The maximum Gasteiger partial charge on any atom is 0.472 e. The molecule has 9 amide bonds. The van der Waals surface area contributed by atoms with Gasteiger partial charge in [0.2, 0.25) is 53.2 Å². The molecule has 720 valence electrons. The van der Waals surface area contributed by atoms with Crippen molar-refractivity contribution in [3.8, 4) is 0 Å². The van der Waals surface area contributed by atoms with Crippen LogP contribution in [0.4, 0.5) is 0 Å². The Hall–Kier alpha value is -5.23. The van der Waals surface area contributed by atoms with E-state index < -0.39 is 184 Å². The molecule has 0 radical (unpaired) electrons. The molecule has 4 aliphatic rings. The van der Waals surface area contributed by atoms with Crippen LogP contribution in [0.5, 0.6) is 0 Å². The first-order valence-electron chi connectivity index (χ1n) is 43.9. The van der Waals surface area contributed by atoms with E-state index in [0.29, 0.717) is 135 Å². The molecule has 43 nitrogen and oxygen atoms in total. The predicted octanol–water partition coefficient (Wildman–Crippen LogP) is -1.08. The lowest BCUT2D eigenvalue weighted by atomic mass is 9.89. The first kappa shape index (κ1) is 111. The second-order valence-corrected chi connectivity index (χ2v) is 34.6. The van der Waals surface area contributed by atoms with Gasteiger partial charge in [-0.05, 0) is 109 Å². The molecule has 1 aliphatic carbocycles. The van der Waals surface area contributed by atoms with Gasteiger partial charge < -0.3 is 141 Å². The summed E-state index contributed by atoms with van der Waals surface area (Å²) in [6.45, 7) is 2.35. The third-order valence-corrected chi connectivity index (χ3v) is 23.5. The quantitative estimate of drug-likeness (QED) is 0.0254. The number of nitrogens with one attached hydrogen (secondary N) is 6. The molecule has 3 aliphatic heterocycles. The molecule has 0 aromatic heterocycles. The number of rotatable bonds is 67. The normalized spacial score (nSPS) is 25.5. The van der Waals surface area contributed by atoms with Gasteiger partial charge >= 0.3 is 15.6 Å². The lowest BCUT2D eigenvalue weighted by molar-refractivity contribution is -0.270. The fraction of sp³-hybridized carbons (Fsp3) is 0.886. The first-order chi connectivity index (χ1) is 59.2. The average Bonchev–Trinajstić information content (AvgIpc) is 0.817. The van der Waals surface area contributed by atoms with Crippen molar-refractivity contribution in [3.05, 3.63) is 0 Å². The molecular weight excluding hydrogens is 1680 g/mol. The van der Waals surface area contributed by atoms with Crippen LogP contribution in [0.3, 0.4) is 0 Å². The molecule has 124 heavy (non-hydrogen) atoms. The summed E-state index contributed by atoms with van der Waals surface area (Å²) in [7, 11) is -9.72. The highest BCUT2D eigenvalue weighted by Crippen LogP contribution is 2.44. The Morgan fingerprint density at radius 1 is 0.347 bits per heavy atom. The molecule has 45 heteroatoms. The Morgan fingerprint density at radius 2 is 0.621 bits per heavy atom. The van der Waals surface area contributed by atoms with Gasteiger partial charge in [-0.1, -0.05) is 45.4 Å². The van der Waals surface area contributed by atoms with Gasteiger partial charge in [-0.3, -0.25) is 61.2 Å². The summed E-state index contributed by atoms with van der Waals surface area (Å²) in [6.07, 6.45) is -1.56. The van der Waals surface area contributed by atoms with Crippen LogP contribution in [-0.2, 0) is 104 Å². The van der Waals surface area contributed by atoms with E-state index in [2.05, 4.69) is 38.8 Å². The minimum atomic E-state index is -4.86. The van der Waals surface area contributed by atoms with Crippen LogP contribution in [0, 0.1) is 5.92 Å². The highest BCUT2D eigenvalue weighted by molar-refractivity contribution is 7.47. The summed E-state index contributed by atoms with van der Waals surface area (Å²) in [5, 5.41) is 117. The Kier molecular flexibility index (Phi) is 56.4. The molecule has 3 heterocycles. The van der Waals surface area contributed by atoms with Gasteiger partial charge in [0.05, 0.1) is 65.6 Å². The van der Waals surface area contributed by atoms with Crippen LogP contribution >= 0.6 is 15.6 Å². The van der Waals surface area contributed by atoms with Gasteiger partial charge in [-0.15, -0.1) is 0 Å². The summed E-state index contributed by atoms with van der Waals surface area (Å²) in [6, 6.07) is -3.21. The molecule has 17 atom stereocenters. The zero-order valence-electron chi connectivity index (χ0n) is 72.5. The molecule has 17 unspecified atom stereocenters. The number of unbranched alkanes of at least 4 members (excludes halogenated alkanes) is 12. The lowest BCUT2D eigenvalue weighted by Gasteiger charge is -2.42. The average molecular weight is 1830 g/mol. The van der Waals surface area contributed by atoms with Crippen LogP contribution < -0.4 is 31.9 Å². The molecule has 0 bridgehead atoms. The third-order valence-electron chi connectivity index (χ3n) is 21.5. The van der Waals surface area contributed by atoms with Crippen molar-refractivity contribution in [3.63, 3.8) is 0 Å². The monoisotopic (exact) mass is 1830 g/mol. The van der Waals surface area contributed by atoms with Crippen molar-refractivity contribution < 1.29 is 164 Å². The second kappa shape index (κ2) is 62.9. The molecule has 3 saturated heterocycles. The molecule has 4 rings (SSSR count). The van der Waals surface area contributed by atoms with E-state index in [9.17, 15) is 113 Å². The Bertz CT molecular complexity index is 3160. The van der Waals surface area contributed by atoms with Crippen LogP contribution in [0.15, 0.2) is 0 Å². The van der Waals surface area contributed by atoms with E-state index in [4.69, 9.17) is 51.3 Å². The molecule has 0 aromatic carbocycles. The van der Waals surface area contributed by atoms with E-state index >= 15 is 0 Å². The van der Waals surface area contributed by atoms with Gasteiger partial charge in [0.25, 0.3) is 0 Å².